The molecule has 0 aromatic heterocycles. The molecule has 0 aliphatic heterocycles. The van der Waals surface area contributed by atoms with Crippen molar-refractivity contribution in [3.8, 4) is 0 Å². The van der Waals surface area contributed by atoms with Crippen molar-refractivity contribution < 1.29 is 20.1 Å². The number of unbranched alkanes of at least 4 members (excludes halogenated alkanes) is 7. The van der Waals surface area contributed by atoms with Crippen LogP contribution in [0.2, 0.25) is 0 Å². The van der Waals surface area contributed by atoms with Gasteiger partial charge in [-0.1, -0.05) is 57.6 Å². The van der Waals surface area contributed by atoms with E-state index >= 15 is 0 Å². The van der Waals surface area contributed by atoms with E-state index in [1.54, 1.807) is 0 Å². The minimum atomic E-state index is -0.735. The number of carboxylic acids is 1. The average molecular weight is 314 g/mol. The number of carbonyl (C=O) groups is 1. The Morgan fingerprint density at radius 2 is 1.59 bits per heavy atom. The predicted molar refractivity (Wildman–Crippen MR) is 89.9 cm³/mol. The fraction of sp³-hybridized carbons (Fsp3) is 0.833. The number of aliphatic hydroxyl groups excluding tert-OH is 2. The molecule has 2 atom stereocenters. The molecule has 0 aliphatic rings. The number of aliphatic hydroxyl groups is 2. The van der Waals surface area contributed by atoms with Gasteiger partial charge in [0.05, 0.1) is 12.2 Å². The lowest BCUT2D eigenvalue weighted by molar-refractivity contribution is -0.137. The predicted octanol–water partition coefficient (Wildman–Crippen LogP) is 4.05. The maximum atomic E-state index is 10.3. The van der Waals surface area contributed by atoms with E-state index in [4.69, 9.17) is 5.11 Å². The first-order valence-corrected chi connectivity index (χ1v) is 8.80. The third kappa shape index (κ3) is 14.1. The van der Waals surface area contributed by atoms with E-state index in [1.165, 1.54) is 19.3 Å². The molecule has 130 valence electrons. The van der Waals surface area contributed by atoms with E-state index in [9.17, 15) is 15.0 Å². The van der Waals surface area contributed by atoms with Gasteiger partial charge in [0, 0.05) is 6.42 Å². The Balaban J connectivity index is 3.49. The molecule has 0 aliphatic carbocycles. The fourth-order valence-electron chi connectivity index (χ4n) is 2.38. The van der Waals surface area contributed by atoms with Crippen LogP contribution < -0.4 is 0 Å². The van der Waals surface area contributed by atoms with E-state index in [-0.39, 0.29) is 6.42 Å². The van der Waals surface area contributed by atoms with Crippen LogP contribution in [0.1, 0.15) is 84.0 Å². The van der Waals surface area contributed by atoms with E-state index in [1.807, 2.05) is 6.08 Å². The highest BCUT2D eigenvalue weighted by atomic mass is 16.4. The van der Waals surface area contributed by atoms with Crippen molar-refractivity contribution in [1.29, 1.82) is 0 Å². The summed E-state index contributed by atoms with van der Waals surface area (Å²) in [6.45, 7) is 2.18. The molecule has 0 radical (unpaired) electrons. The number of hydrogen-bond acceptors (Lipinski definition) is 3. The molecule has 0 amide bonds. The number of aliphatic carboxylic acids is 1. The summed E-state index contributed by atoms with van der Waals surface area (Å²) in [7, 11) is 0. The van der Waals surface area contributed by atoms with Gasteiger partial charge in [-0.05, 0) is 32.1 Å². The molecule has 0 bridgehead atoms. The number of carboxylic acid groups (broad SMARTS) is 1. The van der Waals surface area contributed by atoms with Gasteiger partial charge in [0.1, 0.15) is 0 Å². The highest BCUT2D eigenvalue weighted by Gasteiger charge is 2.13. The van der Waals surface area contributed by atoms with Gasteiger partial charge in [0.15, 0.2) is 0 Å². The Kier molecular flexibility index (Phi) is 14.4. The number of hydrogen-bond donors (Lipinski definition) is 3. The Morgan fingerprint density at radius 1 is 0.909 bits per heavy atom. The van der Waals surface area contributed by atoms with Crippen molar-refractivity contribution in [2.75, 3.05) is 0 Å². The molecule has 0 heterocycles. The normalized spacial score (nSPS) is 14.3. The summed E-state index contributed by atoms with van der Waals surface area (Å²) in [5.41, 5.74) is 0. The summed E-state index contributed by atoms with van der Waals surface area (Å²) in [5, 5.41) is 28.2. The first kappa shape index (κ1) is 21.1. The summed E-state index contributed by atoms with van der Waals surface area (Å²) in [6.07, 6.45) is 13.3. The van der Waals surface area contributed by atoms with Crippen LogP contribution in [0.3, 0.4) is 0 Å². The molecule has 0 rings (SSSR count). The zero-order valence-corrected chi connectivity index (χ0v) is 14.0. The van der Waals surface area contributed by atoms with Crippen LogP contribution in [-0.4, -0.2) is 33.5 Å². The maximum Gasteiger partial charge on any atom is 0.303 e. The topological polar surface area (TPSA) is 77.8 Å². The Bertz CT molecular complexity index is 289. The quantitative estimate of drug-likeness (QED) is 0.315. The SMILES string of the molecule is CCCCC/C=C\C[C@H](O)[C@H](O)CCCCCCCC(=O)O. The summed E-state index contributed by atoms with van der Waals surface area (Å²) in [4.78, 5) is 10.3. The highest BCUT2D eigenvalue weighted by Crippen LogP contribution is 2.12. The average Bonchev–Trinajstić information content (AvgIpc) is 2.49. The van der Waals surface area contributed by atoms with Crippen LogP contribution in [0.15, 0.2) is 12.2 Å². The third-order valence-corrected chi connectivity index (χ3v) is 3.85. The Labute approximate surface area is 135 Å². The van der Waals surface area contributed by atoms with Gasteiger partial charge in [-0.2, -0.15) is 0 Å². The molecule has 4 nitrogen and oxygen atoms in total. The van der Waals surface area contributed by atoms with Crippen molar-refractivity contribution in [3.63, 3.8) is 0 Å². The van der Waals surface area contributed by atoms with Gasteiger partial charge in [0.2, 0.25) is 0 Å². The second-order valence-corrected chi connectivity index (χ2v) is 6.04. The van der Waals surface area contributed by atoms with Crippen molar-refractivity contribution in [3.05, 3.63) is 12.2 Å². The lowest BCUT2D eigenvalue weighted by Gasteiger charge is -2.16. The molecule has 4 heteroatoms. The molecule has 0 unspecified atom stereocenters. The first-order valence-electron chi connectivity index (χ1n) is 8.80. The Hall–Kier alpha value is -0.870. The highest BCUT2D eigenvalue weighted by molar-refractivity contribution is 5.66. The maximum absolute atomic E-state index is 10.3. The van der Waals surface area contributed by atoms with Crippen LogP contribution in [0.4, 0.5) is 0 Å². The Morgan fingerprint density at radius 3 is 2.27 bits per heavy atom. The van der Waals surface area contributed by atoms with Gasteiger partial charge >= 0.3 is 5.97 Å². The molecule has 0 fully saturated rings. The zero-order chi connectivity index (χ0) is 16.6. The van der Waals surface area contributed by atoms with Gasteiger partial charge in [-0.25, -0.2) is 0 Å². The summed E-state index contributed by atoms with van der Waals surface area (Å²) >= 11 is 0. The summed E-state index contributed by atoms with van der Waals surface area (Å²) in [5.74, 6) is -0.735. The largest absolute Gasteiger partial charge is 0.481 e. The fourth-order valence-corrected chi connectivity index (χ4v) is 2.38. The molecule has 0 aromatic carbocycles. The molecule has 3 N–H and O–H groups in total. The van der Waals surface area contributed by atoms with Crippen molar-refractivity contribution in [1.82, 2.24) is 0 Å². The molecule has 0 aromatic rings. The van der Waals surface area contributed by atoms with E-state index < -0.39 is 18.2 Å². The zero-order valence-electron chi connectivity index (χ0n) is 14.0. The minimum Gasteiger partial charge on any atom is -0.481 e. The monoisotopic (exact) mass is 314 g/mol. The van der Waals surface area contributed by atoms with Gasteiger partial charge < -0.3 is 15.3 Å². The van der Waals surface area contributed by atoms with Crippen molar-refractivity contribution in [2.45, 2.75) is 96.2 Å². The smallest absolute Gasteiger partial charge is 0.303 e. The summed E-state index contributed by atoms with van der Waals surface area (Å²) < 4.78 is 0. The number of allylic oxidation sites excluding steroid dienone is 1. The van der Waals surface area contributed by atoms with Crippen LogP contribution in [0.25, 0.3) is 0 Å². The van der Waals surface area contributed by atoms with Crippen molar-refractivity contribution >= 4 is 5.97 Å². The molecule has 0 saturated carbocycles. The van der Waals surface area contributed by atoms with Gasteiger partial charge in [-0.3, -0.25) is 4.79 Å². The van der Waals surface area contributed by atoms with Crippen LogP contribution in [0, 0.1) is 0 Å². The van der Waals surface area contributed by atoms with Gasteiger partial charge in [0.25, 0.3) is 0 Å². The standard InChI is InChI=1S/C18H34O4/c1-2-3-4-5-7-10-13-16(19)17(20)14-11-8-6-9-12-15-18(21)22/h7,10,16-17,19-20H,2-6,8-9,11-15H2,1H3,(H,21,22)/b10-7-/t16-,17+/m0/s1. The molecule has 0 saturated heterocycles. The van der Waals surface area contributed by atoms with Crippen LogP contribution in [-0.2, 0) is 4.79 Å². The third-order valence-electron chi connectivity index (χ3n) is 3.85. The molecule has 22 heavy (non-hydrogen) atoms. The van der Waals surface area contributed by atoms with Crippen LogP contribution in [0.5, 0.6) is 0 Å². The van der Waals surface area contributed by atoms with Crippen LogP contribution >= 0.6 is 0 Å². The van der Waals surface area contributed by atoms with Crippen molar-refractivity contribution in [2.24, 2.45) is 0 Å². The minimum absolute atomic E-state index is 0.242. The first-order chi connectivity index (χ1) is 10.6. The second-order valence-electron chi connectivity index (χ2n) is 6.04. The second kappa shape index (κ2) is 15.0. The van der Waals surface area contributed by atoms with Gasteiger partial charge in [-0.15, -0.1) is 0 Å². The molecular formula is C18H34O4. The lowest BCUT2D eigenvalue weighted by atomic mass is 10.0. The molecule has 0 spiro atoms. The van der Waals surface area contributed by atoms with E-state index in [0.717, 1.165) is 38.5 Å². The lowest BCUT2D eigenvalue weighted by Crippen LogP contribution is -2.25. The summed E-state index contributed by atoms with van der Waals surface area (Å²) in [6, 6.07) is 0. The molecular weight excluding hydrogens is 280 g/mol. The van der Waals surface area contributed by atoms with E-state index in [0.29, 0.717) is 12.8 Å². The number of rotatable bonds is 15. The van der Waals surface area contributed by atoms with E-state index in [2.05, 4.69) is 13.0 Å².